The van der Waals surface area contributed by atoms with E-state index in [0.29, 0.717) is 6.01 Å². The molecule has 0 amide bonds. The van der Waals surface area contributed by atoms with E-state index in [1.165, 1.54) is 0 Å². The molecule has 1 N–H and O–H groups in total. The third-order valence-electron chi connectivity index (χ3n) is 4.00. The van der Waals surface area contributed by atoms with Crippen LogP contribution in [0.15, 0.2) is 4.42 Å². The van der Waals surface area contributed by atoms with Crippen LogP contribution in [-0.4, -0.2) is 60.5 Å². The van der Waals surface area contributed by atoms with Crippen LogP contribution in [0.3, 0.4) is 0 Å². The number of aromatic nitrogens is 2. The maximum Gasteiger partial charge on any atom is 0.318 e. The summed E-state index contributed by atoms with van der Waals surface area (Å²) in [5.74, 6) is 0.717. The van der Waals surface area contributed by atoms with Gasteiger partial charge in [0.2, 0.25) is 5.89 Å². The van der Waals surface area contributed by atoms with Gasteiger partial charge in [-0.3, -0.25) is 0 Å². The van der Waals surface area contributed by atoms with Crippen LogP contribution in [0.1, 0.15) is 32.1 Å². The number of piperidine rings is 1. The number of nitrogens with zero attached hydrogens (tertiary/aromatic N) is 4. The van der Waals surface area contributed by atoms with Gasteiger partial charge in [0.1, 0.15) is 0 Å². The van der Waals surface area contributed by atoms with Gasteiger partial charge in [-0.15, -0.1) is 5.10 Å². The zero-order valence-electron chi connectivity index (χ0n) is 12.8. The minimum atomic E-state index is 0.00622. The largest absolute Gasteiger partial charge is 0.408 e. The molecule has 114 valence electrons. The van der Waals surface area contributed by atoms with Crippen molar-refractivity contribution >= 4 is 6.01 Å². The van der Waals surface area contributed by atoms with E-state index in [4.69, 9.17) is 4.42 Å². The van der Waals surface area contributed by atoms with Gasteiger partial charge in [-0.05, 0) is 33.4 Å². The minimum absolute atomic E-state index is 0.00622. The standard InChI is InChI=1S/C14H26N4O2/c1-4-5-12-15-16-13(20-12)18-8-6-14(11-19,7-9-18)10-17(2)3/h19H,4-11H2,1-3H3. The number of rotatable bonds is 6. The molecule has 6 nitrogen and oxygen atoms in total. The third kappa shape index (κ3) is 3.49. The molecular formula is C14H26N4O2. The minimum Gasteiger partial charge on any atom is -0.408 e. The van der Waals surface area contributed by atoms with Crippen molar-refractivity contribution in [1.82, 2.24) is 15.1 Å². The Morgan fingerprint density at radius 1 is 1.30 bits per heavy atom. The highest BCUT2D eigenvalue weighted by Crippen LogP contribution is 2.33. The lowest BCUT2D eigenvalue weighted by Crippen LogP contribution is -2.47. The molecule has 0 aromatic carbocycles. The summed E-state index contributed by atoms with van der Waals surface area (Å²) >= 11 is 0. The zero-order valence-corrected chi connectivity index (χ0v) is 12.8. The van der Waals surface area contributed by atoms with Crippen molar-refractivity contribution in [2.24, 2.45) is 5.41 Å². The van der Waals surface area contributed by atoms with Gasteiger partial charge in [-0.2, -0.15) is 0 Å². The van der Waals surface area contributed by atoms with E-state index < -0.39 is 0 Å². The molecule has 1 fully saturated rings. The van der Waals surface area contributed by atoms with Crippen molar-refractivity contribution in [1.29, 1.82) is 0 Å². The van der Waals surface area contributed by atoms with Crippen LogP contribution in [0, 0.1) is 5.41 Å². The fraction of sp³-hybridized carbons (Fsp3) is 0.857. The van der Waals surface area contributed by atoms with Crippen molar-refractivity contribution in [2.75, 3.05) is 45.2 Å². The Kier molecular flexibility index (Phi) is 4.99. The molecule has 0 radical (unpaired) electrons. The van der Waals surface area contributed by atoms with Crippen LogP contribution in [0.4, 0.5) is 6.01 Å². The summed E-state index contributed by atoms with van der Waals surface area (Å²) in [6.45, 7) is 4.98. The average molecular weight is 282 g/mol. The lowest BCUT2D eigenvalue weighted by Gasteiger charge is -2.41. The van der Waals surface area contributed by atoms with Gasteiger partial charge < -0.3 is 19.3 Å². The van der Waals surface area contributed by atoms with Gasteiger partial charge in [-0.1, -0.05) is 12.0 Å². The fourth-order valence-corrected chi connectivity index (χ4v) is 2.90. The number of anilines is 1. The maximum atomic E-state index is 9.72. The Labute approximate surface area is 120 Å². The van der Waals surface area contributed by atoms with Crippen LogP contribution in [0.5, 0.6) is 0 Å². The van der Waals surface area contributed by atoms with Gasteiger partial charge in [0, 0.05) is 31.5 Å². The number of hydrogen-bond acceptors (Lipinski definition) is 6. The molecule has 0 saturated carbocycles. The molecule has 0 spiro atoms. The van der Waals surface area contributed by atoms with Gasteiger partial charge >= 0.3 is 6.01 Å². The molecule has 1 aliphatic rings. The number of hydrogen-bond donors (Lipinski definition) is 1. The van der Waals surface area contributed by atoms with E-state index in [9.17, 15) is 5.11 Å². The van der Waals surface area contributed by atoms with Crippen molar-refractivity contribution in [3.8, 4) is 0 Å². The lowest BCUT2D eigenvalue weighted by atomic mass is 9.79. The summed E-state index contributed by atoms with van der Waals surface area (Å²) in [6.07, 6.45) is 3.75. The second-order valence-corrected chi connectivity index (χ2v) is 6.11. The molecule has 2 rings (SSSR count). The van der Waals surface area contributed by atoms with Crippen LogP contribution < -0.4 is 4.90 Å². The monoisotopic (exact) mass is 282 g/mol. The average Bonchev–Trinajstić information content (AvgIpc) is 2.88. The molecule has 0 unspecified atom stereocenters. The van der Waals surface area contributed by atoms with Gasteiger partial charge in [-0.25, -0.2) is 0 Å². The van der Waals surface area contributed by atoms with Crippen molar-refractivity contribution in [2.45, 2.75) is 32.6 Å². The Balaban J connectivity index is 1.95. The summed E-state index contributed by atoms with van der Waals surface area (Å²) in [4.78, 5) is 4.29. The number of aryl methyl sites for hydroxylation is 1. The van der Waals surface area contributed by atoms with Crippen LogP contribution in [0.25, 0.3) is 0 Å². The molecule has 0 bridgehead atoms. The van der Waals surface area contributed by atoms with Crippen molar-refractivity contribution in [3.63, 3.8) is 0 Å². The maximum absolute atomic E-state index is 9.72. The third-order valence-corrected chi connectivity index (χ3v) is 4.00. The SMILES string of the molecule is CCCc1nnc(N2CCC(CO)(CN(C)C)CC2)o1. The normalized spacial score (nSPS) is 18.8. The summed E-state index contributed by atoms with van der Waals surface area (Å²) in [7, 11) is 4.11. The second-order valence-electron chi connectivity index (χ2n) is 6.11. The molecule has 20 heavy (non-hydrogen) atoms. The fourth-order valence-electron chi connectivity index (χ4n) is 2.90. The van der Waals surface area contributed by atoms with E-state index in [-0.39, 0.29) is 12.0 Å². The van der Waals surface area contributed by atoms with Crippen LogP contribution >= 0.6 is 0 Å². The highest BCUT2D eigenvalue weighted by Gasteiger charge is 2.35. The van der Waals surface area contributed by atoms with Crippen LogP contribution in [0.2, 0.25) is 0 Å². The summed E-state index contributed by atoms with van der Waals surface area (Å²) in [5, 5.41) is 17.9. The highest BCUT2D eigenvalue weighted by atomic mass is 16.4. The molecule has 1 saturated heterocycles. The highest BCUT2D eigenvalue weighted by molar-refractivity contribution is 5.25. The number of aliphatic hydroxyl groups excluding tert-OH is 1. The van der Waals surface area contributed by atoms with E-state index in [1.807, 2.05) is 0 Å². The molecule has 1 aromatic heterocycles. The molecule has 0 aliphatic carbocycles. The first-order valence-electron chi connectivity index (χ1n) is 7.41. The topological polar surface area (TPSA) is 65.6 Å². The van der Waals surface area contributed by atoms with E-state index >= 15 is 0 Å². The van der Waals surface area contributed by atoms with Crippen molar-refractivity contribution < 1.29 is 9.52 Å². The Bertz CT molecular complexity index is 411. The Hall–Kier alpha value is -1.14. The quantitative estimate of drug-likeness (QED) is 0.844. The van der Waals surface area contributed by atoms with Gasteiger partial charge in [0.15, 0.2) is 0 Å². The molecule has 0 atom stereocenters. The van der Waals surface area contributed by atoms with E-state index in [1.54, 1.807) is 0 Å². The Morgan fingerprint density at radius 2 is 2.00 bits per heavy atom. The van der Waals surface area contributed by atoms with Gasteiger partial charge in [0.05, 0.1) is 6.61 Å². The molecule has 2 heterocycles. The summed E-state index contributed by atoms with van der Waals surface area (Å²) in [6, 6.07) is 0.629. The predicted octanol–water partition coefficient (Wildman–Crippen LogP) is 1.16. The van der Waals surface area contributed by atoms with Crippen molar-refractivity contribution in [3.05, 3.63) is 5.89 Å². The predicted molar refractivity (Wildman–Crippen MR) is 77.8 cm³/mol. The second kappa shape index (κ2) is 6.54. The summed E-state index contributed by atoms with van der Waals surface area (Å²) < 4.78 is 5.68. The molecule has 6 heteroatoms. The smallest absolute Gasteiger partial charge is 0.318 e. The zero-order chi connectivity index (χ0) is 14.6. The lowest BCUT2D eigenvalue weighted by molar-refractivity contribution is 0.0667. The molecule has 1 aromatic rings. The van der Waals surface area contributed by atoms with Gasteiger partial charge in [0.25, 0.3) is 0 Å². The van der Waals surface area contributed by atoms with Crippen LogP contribution in [-0.2, 0) is 6.42 Å². The van der Waals surface area contributed by atoms with E-state index in [2.05, 4.69) is 41.0 Å². The summed E-state index contributed by atoms with van der Waals surface area (Å²) in [5.41, 5.74) is 0.00622. The molecular weight excluding hydrogens is 256 g/mol. The Morgan fingerprint density at radius 3 is 2.55 bits per heavy atom. The van der Waals surface area contributed by atoms with E-state index in [0.717, 1.165) is 51.2 Å². The first kappa shape index (κ1) is 15.3. The first-order chi connectivity index (χ1) is 9.58. The molecule has 1 aliphatic heterocycles. The number of aliphatic hydroxyl groups is 1. The first-order valence-corrected chi connectivity index (χ1v) is 7.41.